The van der Waals surface area contributed by atoms with Crippen LogP contribution in [-0.2, 0) is 0 Å². The van der Waals surface area contributed by atoms with Gasteiger partial charge in [0.1, 0.15) is 0 Å². The summed E-state index contributed by atoms with van der Waals surface area (Å²) < 4.78 is 0. The van der Waals surface area contributed by atoms with Crippen LogP contribution in [-0.4, -0.2) is 21.2 Å². The Morgan fingerprint density at radius 1 is 1.18 bits per heavy atom. The molecule has 0 bridgehead atoms. The lowest BCUT2D eigenvalue weighted by Gasteiger charge is -2.05. The molecule has 0 saturated heterocycles. The third kappa shape index (κ3) is 2.80. The smallest absolute Gasteiger partial charge is 0.224 e. The molecule has 2 rings (SSSR count). The Labute approximate surface area is 113 Å². The number of aromatic nitrogens is 3. The average molecular weight is 287 g/mol. The van der Waals surface area contributed by atoms with Crippen LogP contribution in [0.4, 0.5) is 5.95 Å². The minimum Gasteiger partial charge on any atom is -0.368 e. The van der Waals surface area contributed by atoms with E-state index >= 15 is 0 Å². The zero-order valence-electron chi connectivity index (χ0n) is 8.82. The third-order valence-electron chi connectivity index (χ3n) is 1.98. The van der Waals surface area contributed by atoms with Crippen LogP contribution in [0, 0.1) is 0 Å². The minimum absolute atomic E-state index is 0.162. The van der Waals surface area contributed by atoms with Crippen molar-refractivity contribution in [3.63, 3.8) is 0 Å². The van der Waals surface area contributed by atoms with E-state index in [1.54, 1.807) is 18.2 Å². The number of halogens is 2. The summed E-state index contributed by atoms with van der Waals surface area (Å²) in [5.41, 5.74) is 6.25. The summed E-state index contributed by atoms with van der Waals surface area (Å²) in [7, 11) is 0. The van der Waals surface area contributed by atoms with Gasteiger partial charge in [0.15, 0.2) is 11.0 Å². The van der Waals surface area contributed by atoms with Crippen LogP contribution in [0.1, 0.15) is 0 Å². The highest BCUT2D eigenvalue weighted by Crippen LogP contribution is 2.29. The number of benzene rings is 1. The molecule has 88 valence electrons. The van der Waals surface area contributed by atoms with Crippen LogP contribution in [0.3, 0.4) is 0 Å². The fourth-order valence-corrected chi connectivity index (χ4v) is 1.99. The molecule has 0 aliphatic heterocycles. The molecule has 0 radical (unpaired) electrons. The molecular weight excluding hydrogens is 279 g/mol. The van der Waals surface area contributed by atoms with Gasteiger partial charge in [-0.1, -0.05) is 35.0 Å². The van der Waals surface area contributed by atoms with Crippen molar-refractivity contribution in [2.45, 2.75) is 5.16 Å². The molecule has 1 aromatic heterocycles. The summed E-state index contributed by atoms with van der Waals surface area (Å²) in [4.78, 5) is 12.3. The zero-order valence-corrected chi connectivity index (χ0v) is 11.1. The molecule has 4 nitrogen and oxygen atoms in total. The van der Waals surface area contributed by atoms with Gasteiger partial charge >= 0.3 is 0 Å². The highest BCUT2D eigenvalue weighted by Gasteiger charge is 2.10. The van der Waals surface area contributed by atoms with E-state index in [1.807, 2.05) is 6.26 Å². The summed E-state index contributed by atoms with van der Waals surface area (Å²) in [5.74, 6) is 0.588. The molecule has 1 aromatic carbocycles. The molecule has 0 saturated carbocycles. The van der Waals surface area contributed by atoms with Gasteiger partial charge in [-0.2, -0.15) is 9.97 Å². The first-order chi connectivity index (χ1) is 8.10. The second-order valence-electron chi connectivity index (χ2n) is 3.13. The molecule has 1 heterocycles. The van der Waals surface area contributed by atoms with E-state index in [0.29, 0.717) is 26.6 Å². The second kappa shape index (κ2) is 5.08. The topological polar surface area (TPSA) is 64.7 Å². The number of anilines is 1. The van der Waals surface area contributed by atoms with Gasteiger partial charge < -0.3 is 5.73 Å². The lowest BCUT2D eigenvalue weighted by molar-refractivity contribution is 0.927. The highest BCUT2D eigenvalue weighted by molar-refractivity contribution is 7.98. The fraction of sp³-hybridized carbons (Fsp3) is 0.100. The Balaban J connectivity index is 2.59. The molecule has 0 aliphatic carbocycles. The monoisotopic (exact) mass is 286 g/mol. The summed E-state index contributed by atoms with van der Waals surface area (Å²) in [6, 6.07) is 5.09. The van der Waals surface area contributed by atoms with Gasteiger partial charge in [-0.05, 0) is 24.5 Å². The maximum absolute atomic E-state index is 6.07. The van der Waals surface area contributed by atoms with Gasteiger partial charge in [-0.15, -0.1) is 0 Å². The number of rotatable bonds is 2. The Morgan fingerprint density at radius 2 is 1.94 bits per heavy atom. The van der Waals surface area contributed by atoms with Crippen LogP contribution >= 0.6 is 35.0 Å². The molecule has 0 aliphatic rings. The largest absolute Gasteiger partial charge is 0.368 e. The van der Waals surface area contributed by atoms with Gasteiger partial charge in [0, 0.05) is 10.6 Å². The molecule has 0 spiro atoms. The highest BCUT2D eigenvalue weighted by atomic mass is 35.5. The van der Waals surface area contributed by atoms with Crippen LogP contribution in [0.5, 0.6) is 0 Å². The van der Waals surface area contributed by atoms with Gasteiger partial charge in [0.05, 0.1) is 5.02 Å². The van der Waals surface area contributed by atoms with Gasteiger partial charge in [0.2, 0.25) is 5.95 Å². The van der Waals surface area contributed by atoms with Crippen LogP contribution < -0.4 is 5.73 Å². The lowest BCUT2D eigenvalue weighted by atomic mass is 10.2. The maximum Gasteiger partial charge on any atom is 0.224 e. The van der Waals surface area contributed by atoms with E-state index in [1.165, 1.54) is 11.8 Å². The Bertz CT molecular complexity index is 562. The lowest BCUT2D eigenvalue weighted by Crippen LogP contribution is -2.01. The number of thioether (sulfide) groups is 1. The Hall–Kier alpha value is -1.04. The average Bonchev–Trinajstić information content (AvgIpc) is 2.31. The van der Waals surface area contributed by atoms with Crippen LogP contribution in [0.15, 0.2) is 23.4 Å². The van der Waals surface area contributed by atoms with Crippen molar-refractivity contribution in [1.82, 2.24) is 15.0 Å². The second-order valence-corrected chi connectivity index (χ2v) is 4.75. The van der Waals surface area contributed by atoms with Crippen molar-refractivity contribution >= 4 is 40.9 Å². The van der Waals surface area contributed by atoms with Crippen molar-refractivity contribution < 1.29 is 0 Å². The summed E-state index contributed by atoms with van der Waals surface area (Å²) in [6.45, 7) is 0. The predicted molar refractivity (Wildman–Crippen MR) is 71.5 cm³/mol. The van der Waals surface area contributed by atoms with E-state index < -0.39 is 0 Å². The summed E-state index contributed by atoms with van der Waals surface area (Å²) >= 11 is 13.4. The number of hydrogen-bond acceptors (Lipinski definition) is 5. The molecule has 17 heavy (non-hydrogen) atoms. The van der Waals surface area contributed by atoms with E-state index in [-0.39, 0.29) is 5.95 Å². The van der Waals surface area contributed by atoms with E-state index in [9.17, 15) is 0 Å². The quantitative estimate of drug-likeness (QED) is 0.859. The normalized spacial score (nSPS) is 10.5. The summed E-state index contributed by atoms with van der Waals surface area (Å²) in [5, 5.41) is 1.63. The fourth-order valence-electron chi connectivity index (χ4n) is 1.25. The number of hydrogen-bond donors (Lipinski definition) is 1. The SMILES string of the molecule is CSc1nc(N)nc(-c2cc(Cl)ccc2Cl)n1. The first-order valence-electron chi connectivity index (χ1n) is 4.61. The molecule has 2 N–H and O–H groups in total. The molecule has 0 unspecified atom stereocenters. The first kappa shape index (κ1) is 12.4. The minimum atomic E-state index is 0.162. The predicted octanol–water partition coefficient (Wildman–Crippen LogP) is 3.15. The van der Waals surface area contributed by atoms with E-state index in [4.69, 9.17) is 28.9 Å². The molecule has 0 atom stereocenters. The molecule has 0 amide bonds. The number of nitrogen functional groups attached to an aromatic ring is 1. The molecule has 7 heteroatoms. The maximum atomic E-state index is 6.07. The van der Waals surface area contributed by atoms with Crippen molar-refractivity contribution in [2.24, 2.45) is 0 Å². The van der Waals surface area contributed by atoms with E-state index in [2.05, 4.69) is 15.0 Å². The van der Waals surface area contributed by atoms with Gasteiger partial charge in [-0.3, -0.25) is 0 Å². The molecular formula is C10H8Cl2N4S. The standard InChI is InChI=1S/C10H8Cl2N4S/c1-17-10-15-8(14-9(13)16-10)6-4-5(11)2-3-7(6)12/h2-4H,1H3,(H2,13,14,15,16). The van der Waals surface area contributed by atoms with Gasteiger partial charge in [-0.25, -0.2) is 4.98 Å². The zero-order chi connectivity index (χ0) is 12.4. The first-order valence-corrected chi connectivity index (χ1v) is 6.59. The van der Waals surface area contributed by atoms with Crippen molar-refractivity contribution in [3.05, 3.63) is 28.2 Å². The number of nitrogens with zero attached hydrogens (tertiary/aromatic N) is 3. The molecule has 0 fully saturated rings. The van der Waals surface area contributed by atoms with Gasteiger partial charge in [0.25, 0.3) is 0 Å². The summed E-state index contributed by atoms with van der Waals surface area (Å²) in [6.07, 6.45) is 1.86. The van der Waals surface area contributed by atoms with Crippen LogP contribution in [0.2, 0.25) is 10.0 Å². The van der Waals surface area contributed by atoms with Crippen molar-refractivity contribution in [1.29, 1.82) is 0 Å². The van der Waals surface area contributed by atoms with Crippen molar-refractivity contribution in [2.75, 3.05) is 12.0 Å². The third-order valence-corrected chi connectivity index (χ3v) is 3.10. The Kier molecular flexibility index (Phi) is 3.71. The van der Waals surface area contributed by atoms with Crippen LogP contribution in [0.25, 0.3) is 11.4 Å². The van der Waals surface area contributed by atoms with Crippen molar-refractivity contribution in [3.8, 4) is 11.4 Å². The molecule has 2 aromatic rings. The number of nitrogens with two attached hydrogens (primary N) is 1. The Morgan fingerprint density at radius 3 is 2.65 bits per heavy atom. The van der Waals surface area contributed by atoms with E-state index in [0.717, 1.165) is 0 Å².